The van der Waals surface area contributed by atoms with Gasteiger partial charge in [-0.1, -0.05) is 13.8 Å². The standard InChI is InChI=1S/C13H26N6/c1-10(2)6-15-13(14)16-8-12(18(3)4)11-7-17-19(5)9-11/h7,9-10,12H,6,8H2,1-5H3,(H3,14,15,16). The first kappa shape index (κ1) is 15.5. The topological polar surface area (TPSA) is 71.5 Å². The molecule has 0 aliphatic heterocycles. The lowest BCUT2D eigenvalue weighted by Crippen LogP contribution is -2.38. The van der Waals surface area contributed by atoms with E-state index < -0.39 is 0 Å². The number of nitrogens with zero attached hydrogens (tertiary/aromatic N) is 4. The fraction of sp³-hybridized carbons (Fsp3) is 0.692. The molecule has 6 nitrogen and oxygen atoms in total. The summed E-state index contributed by atoms with van der Waals surface area (Å²) in [5.74, 6) is 1.02. The largest absolute Gasteiger partial charge is 0.370 e. The van der Waals surface area contributed by atoms with Crippen LogP contribution in [0.5, 0.6) is 0 Å². The van der Waals surface area contributed by atoms with Crippen molar-refractivity contribution in [1.82, 2.24) is 20.0 Å². The van der Waals surface area contributed by atoms with Gasteiger partial charge in [0.25, 0.3) is 0 Å². The van der Waals surface area contributed by atoms with Crippen molar-refractivity contribution in [1.29, 1.82) is 0 Å². The van der Waals surface area contributed by atoms with Crippen molar-refractivity contribution in [3.8, 4) is 0 Å². The Morgan fingerprint density at radius 3 is 2.68 bits per heavy atom. The molecule has 1 heterocycles. The van der Waals surface area contributed by atoms with E-state index in [1.165, 1.54) is 0 Å². The quantitative estimate of drug-likeness (QED) is 0.584. The number of nitrogens with one attached hydrogen (secondary N) is 1. The van der Waals surface area contributed by atoms with Crippen LogP contribution in [0.1, 0.15) is 25.5 Å². The van der Waals surface area contributed by atoms with Gasteiger partial charge in [0.05, 0.1) is 12.2 Å². The summed E-state index contributed by atoms with van der Waals surface area (Å²) in [7, 11) is 6.00. The molecule has 0 aliphatic carbocycles. The molecule has 1 aromatic rings. The fourth-order valence-corrected chi connectivity index (χ4v) is 1.75. The maximum Gasteiger partial charge on any atom is 0.188 e. The summed E-state index contributed by atoms with van der Waals surface area (Å²) in [6.07, 6.45) is 3.90. The number of aliphatic imine (C=N–C) groups is 1. The predicted molar refractivity (Wildman–Crippen MR) is 79.0 cm³/mol. The van der Waals surface area contributed by atoms with Gasteiger partial charge in [0, 0.05) is 31.9 Å². The van der Waals surface area contributed by atoms with Gasteiger partial charge in [0.1, 0.15) is 0 Å². The minimum atomic E-state index is 0.224. The van der Waals surface area contributed by atoms with Gasteiger partial charge < -0.3 is 16.0 Å². The van der Waals surface area contributed by atoms with E-state index >= 15 is 0 Å². The molecule has 0 bridgehead atoms. The minimum Gasteiger partial charge on any atom is -0.370 e. The lowest BCUT2D eigenvalue weighted by molar-refractivity contribution is 0.298. The molecule has 1 atom stereocenters. The highest BCUT2D eigenvalue weighted by molar-refractivity contribution is 5.77. The highest BCUT2D eigenvalue weighted by Gasteiger charge is 2.15. The van der Waals surface area contributed by atoms with Gasteiger partial charge in [-0.2, -0.15) is 5.10 Å². The second-order valence-corrected chi connectivity index (χ2v) is 5.43. The smallest absolute Gasteiger partial charge is 0.188 e. The maximum absolute atomic E-state index is 5.85. The van der Waals surface area contributed by atoms with Crippen LogP contribution >= 0.6 is 0 Å². The Labute approximate surface area is 115 Å². The zero-order chi connectivity index (χ0) is 14.4. The maximum atomic E-state index is 5.85. The molecule has 1 rings (SSSR count). The molecule has 6 heteroatoms. The van der Waals surface area contributed by atoms with Gasteiger partial charge in [-0.15, -0.1) is 0 Å². The van der Waals surface area contributed by atoms with Crippen LogP contribution in [0.2, 0.25) is 0 Å². The summed E-state index contributed by atoms with van der Waals surface area (Å²) in [6.45, 7) is 5.70. The number of hydrogen-bond donors (Lipinski definition) is 2. The van der Waals surface area contributed by atoms with Crippen LogP contribution < -0.4 is 11.1 Å². The molecule has 0 aromatic carbocycles. The third kappa shape index (κ3) is 5.30. The number of rotatable bonds is 6. The molecular weight excluding hydrogens is 240 g/mol. The van der Waals surface area contributed by atoms with Crippen LogP contribution in [0.15, 0.2) is 17.4 Å². The molecule has 19 heavy (non-hydrogen) atoms. The van der Waals surface area contributed by atoms with Gasteiger partial charge in [-0.25, -0.2) is 0 Å². The second-order valence-electron chi connectivity index (χ2n) is 5.43. The van der Waals surface area contributed by atoms with Crippen molar-refractivity contribution in [2.45, 2.75) is 19.9 Å². The number of hydrogen-bond acceptors (Lipinski definition) is 3. The van der Waals surface area contributed by atoms with E-state index in [4.69, 9.17) is 5.73 Å². The predicted octanol–water partition coefficient (Wildman–Crippen LogP) is 0.583. The highest BCUT2D eigenvalue weighted by Crippen LogP contribution is 2.15. The van der Waals surface area contributed by atoms with E-state index in [0.29, 0.717) is 18.4 Å². The molecule has 1 unspecified atom stereocenters. The SMILES string of the molecule is CC(C)CN=C(N)NCC(c1cnn(C)c1)N(C)C. The van der Waals surface area contributed by atoms with Gasteiger partial charge in [-0.05, 0) is 20.0 Å². The Morgan fingerprint density at radius 1 is 1.53 bits per heavy atom. The zero-order valence-electron chi connectivity index (χ0n) is 12.6. The Bertz CT molecular complexity index is 407. The summed E-state index contributed by atoms with van der Waals surface area (Å²) in [6, 6.07) is 0.224. The molecule has 0 amide bonds. The Hall–Kier alpha value is -1.56. The molecular formula is C13H26N6. The third-order valence-electron chi connectivity index (χ3n) is 2.84. The number of aromatic nitrogens is 2. The number of nitrogens with two attached hydrogens (primary N) is 1. The van der Waals surface area contributed by atoms with Crippen LogP contribution in [0, 0.1) is 5.92 Å². The molecule has 0 fully saturated rings. The van der Waals surface area contributed by atoms with Crippen molar-refractivity contribution in [2.75, 3.05) is 27.2 Å². The molecule has 0 radical (unpaired) electrons. The van der Waals surface area contributed by atoms with E-state index in [1.54, 1.807) is 0 Å². The molecule has 0 saturated heterocycles. The summed E-state index contributed by atoms with van der Waals surface area (Å²) in [5, 5.41) is 7.38. The first-order chi connectivity index (χ1) is 8.90. The lowest BCUT2D eigenvalue weighted by Gasteiger charge is -2.23. The monoisotopic (exact) mass is 266 g/mol. The molecule has 0 aliphatic rings. The molecule has 1 aromatic heterocycles. The number of likely N-dealkylation sites (N-methyl/N-ethyl adjacent to an activating group) is 1. The van der Waals surface area contributed by atoms with Gasteiger partial charge in [-0.3, -0.25) is 9.67 Å². The lowest BCUT2D eigenvalue weighted by atomic mass is 10.1. The van der Waals surface area contributed by atoms with E-state index in [-0.39, 0.29) is 6.04 Å². The van der Waals surface area contributed by atoms with Crippen LogP contribution in [0.3, 0.4) is 0 Å². The van der Waals surface area contributed by atoms with Crippen molar-refractivity contribution >= 4 is 5.96 Å². The van der Waals surface area contributed by atoms with Crippen LogP contribution in [0.25, 0.3) is 0 Å². The van der Waals surface area contributed by atoms with E-state index in [0.717, 1.165) is 12.1 Å². The van der Waals surface area contributed by atoms with Crippen molar-refractivity contribution in [2.24, 2.45) is 23.7 Å². The van der Waals surface area contributed by atoms with Crippen LogP contribution in [-0.4, -0.2) is 47.8 Å². The first-order valence-electron chi connectivity index (χ1n) is 6.59. The molecule has 0 saturated carbocycles. The zero-order valence-corrected chi connectivity index (χ0v) is 12.6. The van der Waals surface area contributed by atoms with E-state index in [9.17, 15) is 0 Å². The second kappa shape index (κ2) is 7.13. The van der Waals surface area contributed by atoms with Crippen molar-refractivity contribution in [3.05, 3.63) is 18.0 Å². The van der Waals surface area contributed by atoms with Crippen molar-refractivity contribution < 1.29 is 0 Å². The number of guanidine groups is 1. The Morgan fingerprint density at radius 2 is 2.21 bits per heavy atom. The van der Waals surface area contributed by atoms with Crippen molar-refractivity contribution in [3.63, 3.8) is 0 Å². The first-order valence-corrected chi connectivity index (χ1v) is 6.59. The minimum absolute atomic E-state index is 0.224. The highest BCUT2D eigenvalue weighted by atomic mass is 15.2. The fourth-order valence-electron chi connectivity index (χ4n) is 1.75. The van der Waals surface area contributed by atoms with Gasteiger partial charge in [0.15, 0.2) is 5.96 Å². The van der Waals surface area contributed by atoms with Gasteiger partial charge >= 0.3 is 0 Å². The Kier molecular flexibility index (Phi) is 5.82. The molecule has 0 spiro atoms. The average Bonchev–Trinajstić information content (AvgIpc) is 2.73. The average molecular weight is 266 g/mol. The van der Waals surface area contributed by atoms with Crippen LogP contribution in [-0.2, 0) is 7.05 Å². The van der Waals surface area contributed by atoms with E-state index in [2.05, 4.69) is 34.2 Å². The van der Waals surface area contributed by atoms with Gasteiger partial charge in [0.2, 0.25) is 0 Å². The van der Waals surface area contributed by atoms with E-state index in [1.807, 2.05) is 38.2 Å². The normalized spacial score (nSPS) is 14.2. The molecule has 108 valence electrons. The summed E-state index contributed by atoms with van der Waals surface area (Å²) >= 11 is 0. The summed E-state index contributed by atoms with van der Waals surface area (Å²) in [4.78, 5) is 6.44. The molecule has 3 N–H and O–H groups in total. The Balaban J connectivity index is 2.58. The van der Waals surface area contributed by atoms with Crippen LogP contribution in [0.4, 0.5) is 0 Å². The third-order valence-corrected chi connectivity index (χ3v) is 2.84. The summed E-state index contributed by atoms with van der Waals surface area (Å²) < 4.78 is 1.81. The summed E-state index contributed by atoms with van der Waals surface area (Å²) in [5.41, 5.74) is 7.02. The number of aryl methyl sites for hydroxylation is 1.